The third kappa shape index (κ3) is 2.44. The number of thiophene rings is 1. The molecule has 3 nitrogen and oxygen atoms in total. The molecule has 0 spiro atoms. The quantitative estimate of drug-likeness (QED) is 0.828. The SMILES string of the molecule is Cc1cc(C(=O)O)sc1C=CCC#N. The van der Waals surface area contributed by atoms with E-state index < -0.39 is 5.97 Å². The molecule has 14 heavy (non-hydrogen) atoms. The van der Waals surface area contributed by atoms with Gasteiger partial charge in [0, 0.05) is 4.88 Å². The van der Waals surface area contributed by atoms with Crippen molar-refractivity contribution >= 4 is 23.4 Å². The Kier molecular flexibility index (Phi) is 3.43. The fraction of sp³-hybridized carbons (Fsp3) is 0.200. The molecule has 0 aliphatic heterocycles. The molecule has 1 rings (SSSR count). The second-order valence-electron chi connectivity index (χ2n) is 2.73. The van der Waals surface area contributed by atoms with Crippen molar-refractivity contribution in [3.05, 3.63) is 27.5 Å². The highest BCUT2D eigenvalue weighted by Crippen LogP contribution is 2.23. The van der Waals surface area contributed by atoms with Gasteiger partial charge in [0.05, 0.1) is 12.5 Å². The van der Waals surface area contributed by atoms with Crippen molar-refractivity contribution in [2.24, 2.45) is 0 Å². The molecule has 0 radical (unpaired) electrons. The number of carboxylic acids is 1. The Morgan fingerprint density at radius 1 is 1.79 bits per heavy atom. The average molecular weight is 207 g/mol. The van der Waals surface area contributed by atoms with E-state index >= 15 is 0 Å². The van der Waals surface area contributed by atoms with Crippen LogP contribution in [-0.4, -0.2) is 11.1 Å². The predicted octanol–water partition coefficient (Wildman–Crippen LogP) is 2.68. The number of nitrogens with zero attached hydrogens (tertiary/aromatic N) is 1. The number of hydrogen-bond acceptors (Lipinski definition) is 3. The highest BCUT2D eigenvalue weighted by atomic mass is 32.1. The molecule has 1 heterocycles. The number of allylic oxidation sites excluding steroid dienone is 1. The summed E-state index contributed by atoms with van der Waals surface area (Å²) in [6.45, 7) is 1.86. The lowest BCUT2D eigenvalue weighted by molar-refractivity contribution is 0.0702. The van der Waals surface area contributed by atoms with Crippen LogP contribution in [0.15, 0.2) is 12.1 Å². The molecule has 4 heteroatoms. The molecule has 0 atom stereocenters. The lowest BCUT2D eigenvalue weighted by Gasteiger charge is -1.86. The molecule has 0 saturated carbocycles. The number of hydrogen-bond donors (Lipinski definition) is 1. The molecule has 1 N–H and O–H groups in total. The van der Waals surface area contributed by atoms with Gasteiger partial charge in [0.1, 0.15) is 4.88 Å². The monoisotopic (exact) mass is 207 g/mol. The minimum Gasteiger partial charge on any atom is -0.477 e. The molecular weight excluding hydrogens is 198 g/mol. The lowest BCUT2D eigenvalue weighted by atomic mass is 10.2. The van der Waals surface area contributed by atoms with Crippen molar-refractivity contribution in [3.8, 4) is 6.07 Å². The first-order valence-corrected chi connectivity index (χ1v) is 4.84. The second-order valence-corrected chi connectivity index (χ2v) is 3.81. The van der Waals surface area contributed by atoms with E-state index in [0.29, 0.717) is 11.3 Å². The van der Waals surface area contributed by atoms with Gasteiger partial charge < -0.3 is 5.11 Å². The number of carbonyl (C=O) groups is 1. The van der Waals surface area contributed by atoms with Crippen LogP contribution in [0.3, 0.4) is 0 Å². The van der Waals surface area contributed by atoms with Crippen LogP contribution >= 0.6 is 11.3 Å². The van der Waals surface area contributed by atoms with Gasteiger partial charge in [-0.15, -0.1) is 11.3 Å². The first-order valence-electron chi connectivity index (χ1n) is 4.02. The fourth-order valence-electron chi connectivity index (χ4n) is 0.986. The largest absolute Gasteiger partial charge is 0.477 e. The standard InChI is InChI=1S/C10H9NO2S/c1-7-6-9(10(12)13)14-8(7)4-2-3-5-11/h2,4,6H,3H2,1H3,(H,12,13). The lowest BCUT2D eigenvalue weighted by Crippen LogP contribution is -1.89. The van der Waals surface area contributed by atoms with Gasteiger partial charge in [-0.05, 0) is 24.6 Å². The Hall–Kier alpha value is -1.60. The number of aryl methyl sites for hydroxylation is 1. The molecule has 72 valence electrons. The Bertz CT molecular complexity index is 412. The third-order valence-corrected chi connectivity index (χ3v) is 2.84. The second kappa shape index (κ2) is 4.58. The van der Waals surface area contributed by atoms with Gasteiger partial charge in [-0.1, -0.05) is 6.08 Å². The van der Waals surface area contributed by atoms with E-state index in [-0.39, 0.29) is 0 Å². The van der Waals surface area contributed by atoms with Crippen molar-refractivity contribution < 1.29 is 9.90 Å². The normalized spacial score (nSPS) is 10.3. The third-order valence-electron chi connectivity index (χ3n) is 1.65. The molecule has 0 unspecified atom stereocenters. The van der Waals surface area contributed by atoms with Crippen molar-refractivity contribution in [2.45, 2.75) is 13.3 Å². The van der Waals surface area contributed by atoms with E-state index in [9.17, 15) is 4.79 Å². The molecular formula is C10H9NO2S. The zero-order valence-corrected chi connectivity index (χ0v) is 8.47. The van der Waals surface area contributed by atoms with Gasteiger partial charge in [-0.2, -0.15) is 5.26 Å². The maximum absolute atomic E-state index is 10.6. The summed E-state index contributed by atoms with van der Waals surface area (Å²) in [5, 5.41) is 17.0. The van der Waals surface area contributed by atoms with Crippen LogP contribution in [0.5, 0.6) is 0 Å². The molecule has 0 saturated heterocycles. The molecule has 0 fully saturated rings. The average Bonchev–Trinajstić information content (AvgIpc) is 2.49. The number of carboxylic acid groups (broad SMARTS) is 1. The van der Waals surface area contributed by atoms with Crippen LogP contribution in [0.2, 0.25) is 0 Å². The molecule has 0 bridgehead atoms. The summed E-state index contributed by atoms with van der Waals surface area (Å²) in [6.07, 6.45) is 3.86. The maximum Gasteiger partial charge on any atom is 0.345 e. The van der Waals surface area contributed by atoms with E-state index in [2.05, 4.69) is 0 Å². The summed E-state index contributed by atoms with van der Waals surface area (Å²) in [5.41, 5.74) is 0.932. The summed E-state index contributed by atoms with van der Waals surface area (Å²) < 4.78 is 0. The summed E-state index contributed by atoms with van der Waals surface area (Å²) in [7, 11) is 0. The van der Waals surface area contributed by atoms with E-state index in [4.69, 9.17) is 10.4 Å². The topological polar surface area (TPSA) is 61.1 Å². The van der Waals surface area contributed by atoms with Crippen LogP contribution in [0.1, 0.15) is 26.5 Å². The number of aromatic carboxylic acids is 1. The number of nitriles is 1. The molecule has 1 aromatic heterocycles. The summed E-state index contributed by atoms with van der Waals surface area (Å²) in [5.74, 6) is -0.905. The first kappa shape index (κ1) is 10.5. The van der Waals surface area contributed by atoms with Crippen molar-refractivity contribution in [1.82, 2.24) is 0 Å². The highest BCUT2D eigenvalue weighted by molar-refractivity contribution is 7.15. The minimum atomic E-state index is -0.905. The fourth-order valence-corrected chi connectivity index (χ4v) is 1.93. The van der Waals surface area contributed by atoms with Crippen LogP contribution in [0, 0.1) is 18.3 Å². The van der Waals surface area contributed by atoms with E-state index in [1.807, 2.05) is 13.0 Å². The van der Waals surface area contributed by atoms with Crippen LogP contribution < -0.4 is 0 Å². The predicted molar refractivity (Wildman–Crippen MR) is 55.3 cm³/mol. The van der Waals surface area contributed by atoms with Gasteiger partial charge in [-0.25, -0.2) is 4.79 Å². The Morgan fingerprint density at radius 3 is 3.00 bits per heavy atom. The van der Waals surface area contributed by atoms with Crippen LogP contribution in [-0.2, 0) is 0 Å². The Balaban J connectivity index is 2.89. The Labute approximate surface area is 85.9 Å². The van der Waals surface area contributed by atoms with Gasteiger partial charge in [0.25, 0.3) is 0 Å². The maximum atomic E-state index is 10.6. The van der Waals surface area contributed by atoms with Crippen LogP contribution in [0.4, 0.5) is 0 Å². The highest BCUT2D eigenvalue weighted by Gasteiger charge is 2.08. The summed E-state index contributed by atoms with van der Waals surface area (Å²) >= 11 is 1.22. The zero-order valence-electron chi connectivity index (χ0n) is 7.65. The van der Waals surface area contributed by atoms with E-state index in [1.54, 1.807) is 18.2 Å². The molecule has 0 aliphatic carbocycles. The van der Waals surface area contributed by atoms with Gasteiger partial charge in [-0.3, -0.25) is 0 Å². The first-order chi connectivity index (χ1) is 6.65. The number of rotatable bonds is 3. The zero-order chi connectivity index (χ0) is 10.6. The van der Waals surface area contributed by atoms with Crippen molar-refractivity contribution in [3.63, 3.8) is 0 Å². The minimum absolute atomic E-state index is 0.333. The molecule has 0 amide bonds. The molecule has 0 aromatic carbocycles. The van der Waals surface area contributed by atoms with Crippen molar-refractivity contribution in [1.29, 1.82) is 5.26 Å². The van der Waals surface area contributed by atoms with Gasteiger partial charge >= 0.3 is 5.97 Å². The Morgan fingerprint density at radius 2 is 2.50 bits per heavy atom. The van der Waals surface area contributed by atoms with Gasteiger partial charge in [0.15, 0.2) is 0 Å². The van der Waals surface area contributed by atoms with Crippen LogP contribution in [0.25, 0.3) is 6.08 Å². The molecule has 1 aromatic rings. The smallest absolute Gasteiger partial charge is 0.345 e. The summed E-state index contributed by atoms with van der Waals surface area (Å²) in [4.78, 5) is 11.9. The van der Waals surface area contributed by atoms with E-state index in [0.717, 1.165) is 10.4 Å². The van der Waals surface area contributed by atoms with Crippen molar-refractivity contribution in [2.75, 3.05) is 0 Å². The van der Waals surface area contributed by atoms with Gasteiger partial charge in [0.2, 0.25) is 0 Å². The summed E-state index contributed by atoms with van der Waals surface area (Å²) in [6, 6.07) is 3.63. The van der Waals surface area contributed by atoms with E-state index in [1.165, 1.54) is 11.3 Å². The molecule has 0 aliphatic rings.